The van der Waals surface area contributed by atoms with Crippen molar-refractivity contribution in [2.75, 3.05) is 33.4 Å². The number of nitrogens with zero attached hydrogens (tertiary/aromatic N) is 4. The van der Waals surface area contributed by atoms with Crippen molar-refractivity contribution in [3.63, 3.8) is 0 Å². The fraction of sp³-hybridized carbons (Fsp3) is 0.448. The van der Waals surface area contributed by atoms with Gasteiger partial charge < -0.3 is 20.1 Å². The molecule has 0 radical (unpaired) electrons. The van der Waals surface area contributed by atoms with Crippen LogP contribution in [0.1, 0.15) is 41.9 Å². The van der Waals surface area contributed by atoms with Gasteiger partial charge in [-0.1, -0.05) is 31.2 Å². The quantitative estimate of drug-likeness (QED) is 0.485. The van der Waals surface area contributed by atoms with Crippen molar-refractivity contribution in [3.8, 4) is 11.5 Å². The van der Waals surface area contributed by atoms with Gasteiger partial charge in [-0.2, -0.15) is 0 Å². The zero-order valence-corrected chi connectivity index (χ0v) is 23.5. The van der Waals surface area contributed by atoms with Crippen LogP contribution in [0.5, 0.6) is 11.5 Å². The lowest BCUT2D eigenvalue weighted by Gasteiger charge is -2.25. The van der Waals surface area contributed by atoms with E-state index in [4.69, 9.17) is 9.47 Å². The average Bonchev–Trinajstić information content (AvgIpc) is 3.39. The molecule has 1 atom stereocenters. The van der Waals surface area contributed by atoms with E-state index in [0.717, 1.165) is 11.8 Å². The Bertz CT molecular complexity index is 1350. The van der Waals surface area contributed by atoms with Gasteiger partial charge in [-0.15, -0.1) is 5.10 Å². The number of methoxy groups -OCH3 is 1. The molecule has 2 aromatic carbocycles. The van der Waals surface area contributed by atoms with Gasteiger partial charge in [0.1, 0.15) is 24.2 Å². The fourth-order valence-corrected chi connectivity index (χ4v) is 4.71. The van der Waals surface area contributed by atoms with Gasteiger partial charge in [-0.3, -0.25) is 14.5 Å². The lowest BCUT2D eigenvalue weighted by Crippen LogP contribution is -2.49. The van der Waals surface area contributed by atoms with Crippen LogP contribution in [0.15, 0.2) is 42.6 Å². The summed E-state index contributed by atoms with van der Waals surface area (Å²) < 4.78 is 41.2. The summed E-state index contributed by atoms with van der Waals surface area (Å²) >= 11 is 0. The Morgan fingerprint density at radius 2 is 1.98 bits per heavy atom. The van der Waals surface area contributed by atoms with Gasteiger partial charge in [-0.25, -0.2) is 13.5 Å². The van der Waals surface area contributed by atoms with Crippen LogP contribution in [-0.2, 0) is 24.3 Å². The van der Waals surface area contributed by atoms with Crippen molar-refractivity contribution in [1.29, 1.82) is 0 Å². The molecule has 12 heteroatoms. The highest BCUT2D eigenvalue weighted by atomic mass is 19.1. The summed E-state index contributed by atoms with van der Waals surface area (Å²) in [6.07, 6.45) is 2.77. The van der Waals surface area contributed by atoms with Gasteiger partial charge in [0.2, 0.25) is 5.91 Å². The monoisotopic (exact) mass is 570 g/mol. The predicted molar refractivity (Wildman–Crippen MR) is 148 cm³/mol. The zero-order valence-electron chi connectivity index (χ0n) is 23.5. The first kappa shape index (κ1) is 29.9. The Kier molecular flexibility index (Phi) is 10.2. The van der Waals surface area contributed by atoms with Crippen molar-refractivity contribution in [2.24, 2.45) is 5.92 Å². The maximum absolute atomic E-state index is 14.3. The minimum absolute atomic E-state index is 0.00201. The highest BCUT2D eigenvalue weighted by molar-refractivity contribution is 5.99. The molecule has 2 amide bonds. The van der Waals surface area contributed by atoms with E-state index in [0.29, 0.717) is 44.6 Å². The SMILES string of the molecule is COc1c(F)cccc1CN1CCNC(=O)[C@@H](CC(C)C)NC(=O)c2cc(F)ccc2OCCn2cc(nn2)CC1. The molecule has 2 N–H and O–H groups in total. The van der Waals surface area contributed by atoms with Gasteiger partial charge in [0.05, 0.1) is 24.9 Å². The molecule has 0 unspecified atom stereocenters. The summed E-state index contributed by atoms with van der Waals surface area (Å²) in [6, 6.07) is 7.66. The number of hydrogen-bond donors (Lipinski definition) is 2. The molecule has 0 aliphatic carbocycles. The summed E-state index contributed by atoms with van der Waals surface area (Å²) in [4.78, 5) is 28.5. The van der Waals surface area contributed by atoms with Crippen molar-refractivity contribution < 1.29 is 27.8 Å². The normalized spacial score (nSPS) is 17.6. The molecular formula is C29H36F2N6O4. The Hall–Kier alpha value is -4.06. The number of carbonyl (C=O) groups is 2. The number of carbonyl (C=O) groups excluding carboxylic acids is 2. The molecule has 41 heavy (non-hydrogen) atoms. The molecule has 220 valence electrons. The van der Waals surface area contributed by atoms with Crippen LogP contribution in [0, 0.1) is 17.6 Å². The third-order valence-electron chi connectivity index (χ3n) is 6.74. The molecule has 1 aliphatic rings. The van der Waals surface area contributed by atoms with Crippen molar-refractivity contribution >= 4 is 11.8 Å². The van der Waals surface area contributed by atoms with Crippen LogP contribution in [0.3, 0.4) is 0 Å². The van der Waals surface area contributed by atoms with E-state index in [-0.39, 0.29) is 42.0 Å². The molecular weight excluding hydrogens is 534 g/mol. The number of ether oxygens (including phenoxy) is 2. The van der Waals surface area contributed by atoms with Crippen LogP contribution in [0.4, 0.5) is 8.78 Å². The van der Waals surface area contributed by atoms with Crippen LogP contribution in [0.25, 0.3) is 0 Å². The van der Waals surface area contributed by atoms with Gasteiger partial charge in [0.25, 0.3) is 5.91 Å². The number of fused-ring (bicyclic) bond motifs is 3. The van der Waals surface area contributed by atoms with Crippen LogP contribution in [0.2, 0.25) is 0 Å². The molecule has 2 heterocycles. The maximum Gasteiger partial charge on any atom is 0.255 e. The lowest BCUT2D eigenvalue weighted by atomic mass is 10.0. The fourth-order valence-electron chi connectivity index (χ4n) is 4.71. The van der Waals surface area contributed by atoms with Crippen LogP contribution < -0.4 is 20.1 Å². The lowest BCUT2D eigenvalue weighted by molar-refractivity contribution is -0.123. The topological polar surface area (TPSA) is 111 Å². The third-order valence-corrected chi connectivity index (χ3v) is 6.74. The van der Waals surface area contributed by atoms with Crippen molar-refractivity contribution in [2.45, 2.75) is 45.8 Å². The molecule has 1 aromatic heterocycles. The maximum atomic E-state index is 14.3. The smallest absolute Gasteiger partial charge is 0.255 e. The molecule has 0 fully saturated rings. The molecule has 4 rings (SSSR count). The second-order valence-corrected chi connectivity index (χ2v) is 10.4. The number of aromatic nitrogens is 3. The van der Waals surface area contributed by atoms with Crippen LogP contribution in [-0.4, -0.2) is 71.1 Å². The summed E-state index contributed by atoms with van der Waals surface area (Å²) in [5.41, 5.74) is 1.44. The van der Waals surface area contributed by atoms with E-state index >= 15 is 0 Å². The van der Waals surface area contributed by atoms with E-state index in [9.17, 15) is 18.4 Å². The molecule has 0 spiro atoms. The Morgan fingerprint density at radius 1 is 1.15 bits per heavy atom. The number of rotatable bonds is 5. The highest BCUT2D eigenvalue weighted by Crippen LogP contribution is 2.24. The van der Waals surface area contributed by atoms with Gasteiger partial charge >= 0.3 is 0 Å². The third kappa shape index (κ3) is 8.23. The minimum Gasteiger partial charge on any atom is -0.493 e. The largest absolute Gasteiger partial charge is 0.493 e. The Morgan fingerprint density at radius 3 is 2.76 bits per heavy atom. The molecule has 10 nitrogen and oxygen atoms in total. The molecule has 1 aliphatic heterocycles. The minimum atomic E-state index is -0.834. The Labute approximate surface area is 238 Å². The summed E-state index contributed by atoms with van der Waals surface area (Å²) in [7, 11) is 1.43. The van der Waals surface area contributed by atoms with E-state index in [1.165, 1.54) is 25.3 Å². The standard InChI is InChI=1S/C29H36F2N6O4/c1-19(2)15-25-29(39)32-10-12-36(17-20-5-4-6-24(31)27(20)40-3)11-9-22-18-37(35-34-22)13-14-41-26-8-7-21(30)16-23(26)28(38)33-25/h4-8,16,18-19,25H,9-15,17H2,1-3H3,(H,32,39)(H,33,38)/t25-/m1/s1. The molecule has 2 bridgehead atoms. The predicted octanol–water partition coefficient (Wildman–Crippen LogP) is 2.96. The van der Waals surface area contributed by atoms with Gasteiger partial charge in [0, 0.05) is 44.4 Å². The van der Waals surface area contributed by atoms with E-state index in [1.54, 1.807) is 16.8 Å². The number of halogens is 2. The number of amides is 2. The molecule has 0 saturated heterocycles. The molecule has 3 aromatic rings. The summed E-state index contributed by atoms with van der Waals surface area (Å²) in [5, 5.41) is 14.1. The highest BCUT2D eigenvalue weighted by Gasteiger charge is 2.25. The number of hydrogen-bond acceptors (Lipinski definition) is 7. The Balaban J connectivity index is 1.58. The number of nitrogens with one attached hydrogen (secondary N) is 2. The zero-order chi connectivity index (χ0) is 29.4. The number of para-hydroxylation sites is 1. The first-order valence-electron chi connectivity index (χ1n) is 13.7. The second-order valence-electron chi connectivity index (χ2n) is 10.4. The first-order valence-corrected chi connectivity index (χ1v) is 13.7. The summed E-state index contributed by atoms with van der Waals surface area (Å²) in [6.45, 7) is 6.09. The number of benzene rings is 2. The van der Waals surface area contributed by atoms with Crippen LogP contribution >= 0.6 is 0 Å². The van der Waals surface area contributed by atoms with Crippen molar-refractivity contribution in [3.05, 3.63) is 71.1 Å². The van der Waals surface area contributed by atoms with E-state index in [2.05, 4.69) is 25.8 Å². The molecule has 0 saturated carbocycles. The first-order chi connectivity index (χ1) is 19.7. The second kappa shape index (κ2) is 14.0. The van der Waals surface area contributed by atoms with E-state index in [1.807, 2.05) is 20.0 Å². The van der Waals surface area contributed by atoms with Crippen molar-refractivity contribution in [1.82, 2.24) is 30.5 Å². The van der Waals surface area contributed by atoms with Gasteiger partial charge in [0.15, 0.2) is 11.6 Å². The average molecular weight is 571 g/mol. The van der Waals surface area contributed by atoms with Gasteiger partial charge in [-0.05, 0) is 36.6 Å². The summed E-state index contributed by atoms with van der Waals surface area (Å²) in [5.74, 6) is -1.50. The van der Waals surface area contributed by atoms with E-state index < -0.39 is 23.6 Å².